The predicted octanol–water partition coefficient (Wildman–Crippen LogP) is -0.773. The molecule has 2 heterocycles. The molecule has 0 amide bonds. The van der Waals surface area contributed by atoms with Crippen molar-refractivity contribution in [3.8, 4) is 0 Å². The Morgan fingerprint density at radius 1 is 1.37 bits per heavy atom. The summed E-state index contributed by atoms with van der Waals surface area (Å²) in [5.74, 6) is 0.699. The van der Waals surface area contributed by atoms with E-state index in [1.54, 1.807) is 17.9 Å². The summed E-state index contributed by atoms with van der Waals surface area (Å²) in [6, 6.07) is 0. The first-order valence-electron chi connectivity index (χ1n) is 5.29. The number of sulfonamides is 1. The van der Waals surface area contributed by atoms with Gasteiger partial charge in [0.25, 0.3) is 10.0 Å². The van der Waals surface area contributed by atoms with Gasteiger partial charge in [-0.3, -0.25) is 0 Å². The van der Waals surface area contributed by atoms with Crippen LogP contribution in [0.1, 0.15) is 5.82 Å². The van der Waals surface area contributed by atoms with Gasteiger partial charge in [0.1, 0.15) is 12.2 Å². The molecule has 0 aliphatic heterocycles. The van der Waals surface area contributed by atoms with Gasteiger partial charge < -0.3 is 4.57 Å². The van der Waals surface area contributed by atoms with Crippen molar-refractivity contribution in [1.82, 2.24) is 34.5 Å². The van der Waals surface area contributed by atoms with Crippen molar-refractivity contribution in [2.45, 2.75) is 11.4 Å². The van der Waals surface area contributed by atoms with Crippen LogP contribution in [0.2, 0.25) is 0 Å². The smallest absolute Gasteiger partial charge is 0.260 e. The number of hydrogen-bond acceptors (Lipinski definition) is 6. The lowest BCUT2D eigenvalue weighted by Gasteiger charge is -2.06. The van der Waals surface area contributed by atoms with Gasteiger partial charge in [-0.05, 0) is 15.9 Å². The Morgan fingerprint density at radius 3 is 2.63 bits per heavy atom. The molecular formula is C8H12BrN7O2S. The molecule has 0 aromatic carbocycles. The van der Waals surface area contributed by atoms with Crippen molar-refractivity contribution in [1.29, 1.82) is 0 Å². The number of aromatic nitrogens is 6. The molecule has 0 saturated heterocycles. The number of nitrogens with one attached hydrogen (secondary N) is 1. The molecule has 2 aromatic rings. The van der Waals surface area contributed by atoms with Crippen LogP contribution in [0.4, 0.5) is 0 Å². The summed E-state index contributed by atoms with van der Waals surface area (Å²) in [6.07, 6.45) is 2.00. The summed E-state index contributed by atoms with van der Waals surface area (Å²) in [5.41, 5.74) is 0. The van der Waals surface area contributed by atoms with Gasteiger partial charge in [-0.25, -0.2) is 17.8 Å². The quantitative estimate of drug-likeness (QED) is 0.759. The molecule has 0 fully saturated rings. The highest BCUT2D eigenvalue weighted by Gasteiger charge is 2.23. The summed E-state index contributed by atoms with van der Waals surface area (Å²) in [5, 5.41) is 14.8. The normalized spacial score (nSPS) is 11.9. The third-order valence-electron chi connectivity index (χ3n) is 2.44. The maximum Gasteiger partial charge on any atom is 0.260 e. The zero-order valence-electron chi connectivity index (χ0n) is 10.3. The highest BCUT2D eigenvalue weighted by atomic mass is 79.9. The van der Waals surface area contributed by atoms with E-state index < -0.39 is 10.0 Å². The number of hydrogen-bond donors (Lipinski definition) is 1. The number of halogens is 1. The SMILES string of the molecule is Cn1cnnc1CCNS(=O)(=O)c1c(Br)nnn1C. The summed E-state index contributed by atoms with van der Waals surface area (Å²) in [4.78, 5) is 0. The minimum atomic E-state index is -3.66. The monoisotopic (exact) mass is 349 g/mol. The lowest BCUT2D eigenvalue weighted by atomic mass is 10.4. The van der Waals surface area contributed by atoms with Gasteiger partial charge in [-0.15, -0.1) is 15.3 Å². The molecule has 0 spiro atoms. The first-order chi connectivity index (χ1) is 8.92. The second kappa shape index (κ2) is 5.35. The fourth-order valence-electron chi connectivity index (χ4n) is 1.51. The molecule has 0 radical (unpaired) electrons. The van der Waals surface area contributed by atoms with Crippen LogP contribution in [0.3, 0.4) is 0 Å². The standard InChI is InChI=1S/C8H12BrN7O2S/c1-15-5-10-12-6(15)3-4-11-19(17,18)8-7(9)13-14-16(8)2/h5,11H,3-4H2,1-2H3. The van der Waals surface area contributed by atoms with Gasteiger partial charge in [-0.1, -0.05) is 5.21 Å². The molecular weight excluding hydrogens is 338 g/mol. The minimum absolute atomic E-state index is 0.00883. The van der Waals surface area contributed by atoms with Gasteiger partial charge >= 0.3 is 0 Å². The van der Waals surface area contributed by atoms with Crippen molar-refractivity contribution in [2.75, 3.05) is 6.54 Å². The largest absolute Gasteiger partial charge is 0.321 e. The molecule has 0 aliphatic carbocycles. The average Bonchev–Trinajstić information content (AvgIpc) is 2.86. The first kappa shape index (κ1) is 14.1. The van der Waals surface area contributed by atoms with E-state index in [4.69, 9.17) is 0 Å². The van der Waals surface area contributed by atoms with Crippen molar-refractivity contribution in [3.05, 3.63) is 16.8 Å². The highest BCUT2D eigenvalue weighted by molar-refractivity contribution is 9.10. The van der Waals surface area contributed by atoms with E-state index in [9.17, 15) is 8.42 Å². The van der Waals surface area contributed by atoms with Crippen molar-refractivity contribution < 1.29 is 8.42 Å². The molecule has 0 saturated carbocycles. The zero-order valence-corrected chi connectivity index (χ0v) is 12.7. The van der Waals surface area contributed by atoms with Crippen LogP contribution in [0, 0.1) is 0 Å². The van der Waals surface area contributed by atoms with Crippen LogP contribution >= 0.6 is 15.9 Å². The molecule has 0 aliphatic rings. The Bertz CT molecular complexity index is 658. The number of aryl methyl sites for hydroxylation is 2. The molecule has 104 valence electrons. The van der Waals surface area contributed by atoms with Crippen molar-refractivity contribution in [2.24, 2.45) is 14.1 Å². The molecule has 0 bridgehead atoms. The predicted molar refractivity (Wildman–Crippen MR) is 68.6 cm³/mol. The molecule has 9 nitrogen and oxygen atoms in total. The van der Waals surface area contributed by atoms with E-state index in [-0.39, 0.29) is 16.2 Å². The lowest BCUT2D eigenvalue weighted by molar-refractivity contribution is 0.559. The molecule has 0 atom stereocenters. The van der Waals surface area contributed by atoms with Gasteiger partial charge in [0.2, 0.25) is 5.03 Å². The van der Waals surface area contributed by atoms with Crippen molar-refractivity contribution in [3.63, 3.8) is 0 Å². The fourth-order valence-corrected chi connectivity index (χ4v) is 3.63. The molecule has 1 N–H and O–H groups in total. The van der Waals surface area contributed by atoms with Gasteiger partial charge in [0.15, 0.2) is 4.60 Å². The summed E-state index contributed by atoms with van der Waals surface area (Å²) < 4.78 is 29.7. The van der Waals surface area contributed by atoms with E-state index in [0.717, 1.165) is 0 Å². The third-order valence-corrected chi connectivity index (χ3v) is 4.78. The van der Waals surface area contributed by atoms with Crippen LogP contribution in [-0.2, 0) is 30.5 Å². The Kier molecular flexibility index (Phi) is 3.96. The van der Waals surface area contributed by atoms with Crippen LogP contribution in [0.15, 0.2) is 16.0 Å². The summed E-state index contributed by atoms with van der Waals surface area (Å²) in [7, 11) is -0.355. The van der Waals surface area contributed by atoms with Gasteiger partial charge in [-0.2, -0.15) is 0 Å². The third kappa shape index (κ3) is 2.98. The van der Waals surface area contributed by atoms with Crippen molar-refractivity contribution >= 4 is 26.0 Å². The molecule has 2 rings (SSSR count). The van der Waals surface area contributed by atoms with E-state index in [0.29, 0.717) is 12.2 Å². The van der Waals surface area contributed by atoms with Gasteiger partial charge in [0.05, 0.1) is 0 Å². The minimum Gasteiger partial charge on any atom is -0.321 e. The Morgan fingerprint density at radius 2 is 2.11 bits per heavy atom. The Labute approximate surface area is 118 Å². The highest BCUT2D eigenvalue weighted by Crippen LogP contribution is 2.17. The molecule has 0 unspecified atom stereocenters. The van der Waals surface area contributed by atoms with E-state index >= 15 is 0 Å². The number of nitrogens with zero attached hydrogens (tertiary/aromatic N) is 6. The van der Waals surface area contributed by atoms with Crippen LogP contribution in [0.25, 0.3) is 0 Å². The van der Waals surface area contributed by atoms with E-state index in [2.05, 4.69) is 41.2 Å². The van der Waals surface area contributed by atoms with Crippen LogP contribution in [0.5, 0.6) is 0 Å². The summed E-state index contributed by atoms with van der Waals surface area (Å²) >= 11 is 3.06. The van der Waals surface area contributed by atoms with E-state index in [1.807, 2.05) is 0 Å². The second-order valence-electron chi connectivity index (χ2n) is 3.81. The second-order valence-corrected chi connectivity index (χ2v) is 6.25. The summed E-state index contributed by atoms with van der Waals surface area (Å²) in [6.45, 7) is 0.215. The zero-order chi connectivity index (χ0) is 14.0. The fraction of sp³-hybridized carbons (Fsp3) is 0.500. The molecule has 19 heavy (non-hydrogen) atoms. The Hall–Kier alpha value is -1.33. The van der Waals surface area contributed by atoms with Gasteiger partial charge in [0, 0.05) is 27.1 Å². The van der Waals surface area contributed by atoms with Crippen LogP contribution in [-0.4, -0.2) is 44.7 Å². The molecule has 11 heteroatoms. The lowest BCUT2D eigenvalue weighted by Crippen LogP contribution is -2.28. The number of rotatable bonds is 5. The van der Waals surface area contributed by atoms with E-state index in [1.165, 1.54) is 11.7 Å². The maximum absolute atomic E-state index is 12.1. The first-order valence-corrected chi connectivity index (χ1v) is 7.57. The Balaban J connectivity index is 2.05. The van der Waals surface area contributed by atoms with Crippen LogP contribution < -0.4 is 4.72 Å². The average molecular weight is 350 g/mol. The maximum atomic E-state index is 12.1. The topological polar surface area (TPSA) is 108 Å². The molecule has 2 aromatic heterocycles.